The monoisotopic (exact) mass is 371 g/mol. The summed E-state index contributed by atoms with van der Waals surface area (Å²) >= 11 is 0. The summed E-state index contributed by atoms with van der Waals surface area (Å²) in [6.45, 7) is 5.41. The molecule has 0 saturated carbocycles. The summed E-state index contributed by atoms with van der Waals surface area (Å²) in [5, 5.41) is 1.01. The van der Waals surface area contributed by atoms with Crippen molar-refractivity contribution >= 4 is 22.4 Å². The number of aromatic amines is 1. The zero-order chi connectivity index (χ0) is 19.4. The number of alkyl halides is 3. The normalized spacial score (nSPS) is 13.0. The molecule has 27 heavy (non-hydrogen) atoms. The fraction of sp³-hybridized carbons (Fsp3) is 0.100. The molecule has 0 fully saturated rings. The van der Waals surface area contributed by atoms with Crippen molar-refractivity contribution in [3.05, 3.63) is 78.9 Å². The van der Waals surface area contributed by atoms with Gasteiger partial charge in [0.05, 0.1) is 11.7 Å². The van der Waals surface area contributed by atoms with Crippen molar-refractivity contribution in [1.82, 2.24) is 9.97 Å². The van der Waals surface area contributed by atoms with Crippen LogP contribution in [0.5, 0.6) is 5.75 Å². The number of benzene rings is 1. The van der Waals surface area contributed by atoms with Crippen LogP contribution in [0.15, 0.2) is 72.6 Å². The van der Waals surface area contributed by atoms with Gasteiger partial charge in [-0.15, -0.1) is 0 Å². The second-order valence-electron chi connectivity index (χ2n) is 5.55. The predicted octanol–water partition coefficient (Wildman–Crippen LogP) is 5.61. The first kappa shape index (κ1) is 18.4. The summed E-state index contributed by atoms with van der Waals surface area (Å²) in [4.78, 5) is 10.7. The van der Waals surface area contributed by atoms with Gasteiger partial charge in [-0.3, -0.25) is 0 Å². The van der Waals surface area contributed by atoms with Gasteiger partial charge in [-0.05, 0) is 30.5 Å². The van der Waals surface area contributed by atoms with Crippen LogP contribution in [0.3, 0.4) is 0 Å². The number of aliphatic imine (C=N–C) groups is 1. The zero-order valence-electron chi connectivity index (χ0n) is 14.4. The van der Waals surface area contributed by atoms with Crippen LogP contribution in [0.25, 0.3) is 16.5 Å². The molecule has 0 atom stereocenters. The first-order chi connectivity index (χ1) is 12.9. The lowest BCUT2D eigenvalue weighted by atomic mass is 10.0. The highest BCUT2D eigenvalue weighted by Crippen LogP contribution is 2.29. The molecular weight excluding hydrogens is 355 g/mol. The van der Waals surface area contributed by atoms with Gasteiger partial charge in [0.15, 0.2) is 0 Å². The molecule has 0 amide bonds. The molecule has 4 nitrogen and oxygen atoms in total. The Balaban J connectivity index is 1.96. The van der Waals surface area contributed by atoms with E-state index in [0.717, 1.165) is 28.7 Å². The number of H-pyrrole nitrogens is 1. The van der Waals surface area contributed by atoms with E-state index in [0.29, 0.717) is 5.57 Å². The molecule has 0 bridgehead atoms. The zero-order valence-corrected chi connectivity index (χ0v) is 14.4. The Morgan fingerprint density at radius 3 is 2.67 bits per heavy atom. The maximum Gasteiger partial charge on any atom is 0.433 e. The number of allylic oxidation sites excluding steroid dienone is 1. The first-order valence-corrected chi connectivity index (χ1v) is 8.07. The highest BCUT2D eigenvalue weighted by Gasteiger charge is 2.32. The van der Waals surface area contributed by atoms with Gasteiger partial charge in [0.25, 0.3) is 0 Å². The number of para-hydroxylation sites is 1. The average molecular weight is 371 g/mol. The minimum Gasteiger partial charge on any atom is -0.437 e. The average Bonchev–Trinajstić information content (AvgIpc) is 3.12. The number of hydrogen-bond acceptors (Lipinski definition) is 3. The number of nitrogens with zero attached hydrogens (tertiary/aromatic N) is 2. The molecule has 7 heteroatoms. The van der Waals surface area contributed by atoms with Gasteiger partial charge in [0.2, 0.25) is 5.90 Å². The van der Waals surface area contributed by atoms with Crippen LogP contribution in [0, 0.1) is 0 Å². The smallest absolute Gasteiger partial charge is 0.433 e. The Bertz CT molecular complexity index is 1010. The maximum absolute atomic E-state index is 12.7. The molecule has 0 saturated heterocycles. The van der Waals surface area contributed by atoms with E-state index in [1.54, 1.807) is 0 Å². The number of nitrogens with one attached hydrogen (secondary N) is 1. The number of pyridine rings is 1. The highest BCUT2D eigenvalue weighted by atomic mass is 19.4. The molecule has 138 valence electrons. The summed E-state index contributed by atoms with van der Waals surface area (Å²) < 4.78 is 43.7. The van der Waals surface area contributed by atoms with Gasteiger partial charge in [-0.1, -0.05) is 30.9 Å². The second-order valence-corrected chi connectivity index (χ2v) is 5.55. The Morgan fingerprint density at radius 2 is 2.04 bits per heavy atom. The molecule has 3 aromatic rings. The molecule has 0 aliphatic heterocycles. The topological polar surface area (TPSA) is 50.3 Å². The van der Waals surface area contributed by atoms with E-state index < -0.39 is 11.9 Å². The van der Waals surface area contributed by atoms with Crippen LogP contribution in [0.2, 0.25) is 0 Å². The highest BCUT2D eigenvalue weighted by molar-refractivity contribution is 6.23. The minimum absolute atomic E-state index is 0.140. The predicted molar refractivity (Wildman–Crippen MR) is 99.4 cm³/mol. The molecule has 0 aliphatic rings. The van der Waals surface area contributed by atoms with E-state index in [9.17, 15) is 13.2 Å². The number of aromatic nitrogens is 2. The molecule has 0 unspecified atom stereocenters. The quantitative estimate of drug-likeness (QED) is 0.479. The summed E-state index contributed by atoms with van der Waals surface area (Å²) in [7, 11) is 0. The standard InChI is InChI=1S/C20H16F3N3O/c1-3-15(16-7-5-6-13-10-11-25-18(13)16)19(24-4-2)27-14-8-9-17(26-12-14)20(21,22)23/h3-12,25H,2H2,1H3/b15-3-,24-19+. The van der Waals surface area contributed by atoms with Gasteiger partial charge < -0.3 is 9.72 Å². The van der Waals surface area contributed by atoms with Crippen LogP contribution < -0.4 is 4.74 Å². The number of fused-ring (bicyclic) bond motifs is 1. The van der Waals surface area contributed by atoms with E-state index in [1.165, 1.54) is 12.3 Å². The number of ether oxygens (including phenoxy) is 1. The molecule has 0 radical (unpaired) electrons. The van der Waals surface area contributed by atoms with Crippen LogP contribution in [-0.4, -0.2) is 15.9 Å². The van der Waals surface area contributed by atoms with Crippen molar-refractivity contribution in [3.63, 3.8) is 0 Å². The molecule has 1 N–H and O–H groups in total. The van der Waals surface area contributed by atoms with Gasteiger partial charge in [-0.25, -0.2) is 9.98 Å². The maximum atomic E-state index is 12.7. The van der Waals surface area contributed by atoms with Crippen molar-refractivity contribution < 1.29 is 17.9 Å². The Labute approximate surface area is 153 Å². The lowest BCUT2D eigenvalue weighted by Crippen LogP contribution is -2.12. The Morgan fingerprint density at radius 1 is 1.22 bits per heavy atom. The van der Waals surface area contributed by atoms with Gasteiger partial charge in [0, 0.05) is 23.5 Å². The SMILES string of the molecule is C=C/N=C(Oc1ccc(C(F)(F)F)nc1)\C(=C/C)c1cccc2cc[nH]c12. The minimum atomic E-state index is -4.51. The summed E-state index contributed by atoms with van der Waals surface area (Å²) in [5.74, 6) is 0.345. The Hall–Kier alpha value is -3.35. The molecule has 0 spiro atoms. The van der Waals surface area contributed by atoms with Crippen LogP contribution in [0.1, 0.15) is 18.2 Å². The Kier molecular flexibility index (Phi) is 5.12. The molecular formula is C20H16F3N3O. The van der Waals surface area contributed by atoms with Crippen molar-refractivity contribution in [1.29, 1.82) is 0 Å². The number of rotatable bonds is 4. The fourth-order valence-electron chi connectivity index (χ4n) is 2.66. The van der Waals surface area contributed by atoms with E-state index in [-0.39, 0.29) is 11.6 Å². The second kappa shape index (κ2) is 7.49. The third-order valence-electron chi connectivity index (χ3n) is 3.85. The first-order valence-electron chi connectivity index (χ1n) is 8.07. The van der Waals surface area contributed by atoms with Gasteiger partial charge in [-0.2, -0.15) is 13.2 Å². The largest absolute Gasteiger partial charge is 0.437 e. The van der Waals surface area contributed by atoms with E-state index in [4.69, 9.17) is 4.74 Å². The van der Waals surface area contributed by atoms with Crippen LogP contribution in [0.4, 0.5) is 13.2 Å². The molecule has 2 aromatic heterocycles. The summed E-state index contributed by atoms with van der Waals surface area (Å²) in [6, 6.07) is 9.78. The number of halogens is 3. The van der Waals surface area contributed by atoms with Crippen LogP contribution in [-0.2, 0) is 6.18 Å². The van der Waals surface area contributed by atoms with Crippen LogP contribution >= 0.6 is 0 Å². The summed E-state index contributed by atoms with van der Waals surface area (Å²) in [6.07, 6.45) is 1.46. The molecule has 3 rings (SSSR count). The van der Waals surface area contributed by atoms with E-state index in [1.807, 2.05) is 43.5 Å². The van der Waals surface area contributed by atoms with Crippen molar-refractivity contribution in [2.75, 3.05) is 0 Å². The number of hydrogen-bond donors (Lipinski definition) is 1. The molecule has 1 aromatic carbocycles. The lowest BCUT2D eigenvalue weighted by molar-refractivity contribution is -0.141. The third-order valence-corrected chi connectivity index (χ3v) is 3.85. The van der Waals surface area contributed by atoms with Gasteiger partial charge in [0.1, 0.15) is 11.4 Å². The molecule has 0 aliphatic carbocycles. The van der Waals surface area contributed by atoms with Crippen molar-refractivity contribution in [2.24, 2.45) is 4.99 Å². The molecule has 2 heterocycles. The lowest BCUT2D eigenvalue weighted by Gasteiger charge is -2.13. The van der Waals surface area contributed by atoms with Crippen molar-refractivity contribution in [2.45, 2.75) is 13.1 Å². The van der Waals surface area contributed by atoms with Crippen molar-refractivity contribution in [3.8, 4) is 5.75 Å². The fourth-order valence-corrected chi connectivity index (χ4v) is 2.66. The summed E-state index contributed by atoms with van der Waals surface area (Å²) in [5.41, 5.74) is 1.43. The van der Waals surface area contributed by atoms with Gasteiger partial charge >= 0.3 is 6.18 Å². The van der Waals surface area contributed by atoms with E-state index in [2.05, 4.69) is 21.5 Å². The third kappa shape index (κ3) is 3.92. The van der Waals surface area contributed by atoms with E-state index >= 15 is 0 Å².